The van der Waals surface area contributed by atoms with Gasteiger partial charge in [0.15, 0.2) is 0 Å². The Morgan fingerprint density at radius 1 is 1.33 bits per heavy atom. The molecule has 100 valence electrons. The van der Waals surface area contributed by atoms with Gasteiger partial charge in [0.1, 0.15) is 5.75 Å². The second-order valence-electron chi connectivity index (χ2n) is 5.92. The zero-order valence-electron chi connectivity index (χ0n) is 11.8. The SMILES string of the molecule is CCCOc1ccccc1NC1CCCC1(C)C. The van der Waals surface area contributed by atoms with E-state index < -0.39 is 0 Å². The van der Waals surface area contributed by atoms with Gasteiger partial charge in [0, 0.05) is 6.04 Å². The minimum Gasteiger partial charge on any atom is -0.491 e. The van der Waals surface area contributed by atoms with Crippen molar-refractivity contribution in [3.05, 3.63) is 24.3 Å². The molecule has 1 aromatic rings. The zero-order chi connectivity index (χ0) is 13.0. The second-order valence-corrected chi connectivity index (χ2v) is 5.92. The predicted octanol–water partition coefficient (Wildman–Crippen LogP) is 4.47. The van der Waals surface area contributed by atoms with E-state index in [-0.39, 0.29) is 0 Å². The van der Waals surface area contributed by atoms with Crippen molar-refractivity contribution in [1.29, 1.82) is 0 Å². The number of nitrogens with one attached hydrogen (secondary N) is 1. The Hall–Kier alpha value is -1.18. The van der Waals surface area contributed by atoms with Gasteiger partial charge in [0.2, 0.25) is 0 Å². The van der Waals surface area contributed by atoms with Crippen LogP contribution in [0.1, 0.15) is 46.5 Å². The van der Waals surface area contributed by atoms with Gasteiger partial charge in [-0.1, -0.05) is 39.3 Å². The van der Waals surface area contributed by atoms with Crippen LogP contribution >= 0.6 is 0 Å². The Balaban J connectivity index is 2.08. The molecule has 0 heterocycles. The molecule has 2 nitrogen and oxygen atoms in total. The Morgan fingerprint density at radius 2 is 2.11 bits per heavy atom. The highest BCUT2D eigenvalue weighted by Gasteiger charge is 2.34. The molecule has 0 amide bonds. The highest BCUT2D eigenvalue weighted by Crippen LogP contribution is 2.40. The average molecular weight is 247 g/mol. The predicted molar refractivity (Wildman–Crippen MR) is 77.3 cm³/mol. The number of ether oxygens (including phenoxy) is 1. The molecule has 1 fully saturated rings. The lowest BCUT2D eigenvalue weighted by Crippen LogP contribution is -2.30. The first-order valence-corrected chi connectivity index (χ1v) is 7.12. The summed E-state index contributed by atoms with van der Waals surface area (Å²) in [6, 6.07) is 8.85. The van der Waals surface area contributed by atoms with Crippen LogP contribution in [0.4, 0.5) is 5.69 Å². The molecule has 0 bridgehead atoms. The summed E-state index contributed by atoms with van der Waals surface area (Å²) in [6.45, 7) is 7.63. The normalized spacial score (nSPS) is 21.8. The topological polar surface area (TPSA) is 21.3 Å². The molecule has 1 aliphatic carbocycles. The molecule has 0 saturated heterocycles. The molecular weight excluding hydrogens is 222 g/mol. The van der Waals surface area contributed by atoms with E-state index in [1.807, 2.05) is 6.07 Å². The third-order valence-electron chi connectivity index (χ3n) is 3.94. The molecule has 1 saturated carbocycles. The molecule has 18 heavy (non-hydrogen) atoms. The lowest BCUT2D eigenvalue weighted by molar-refractivity contribution is 0.316. The average Bonchev–Trinajstić information content (AvgIpc) is 2.68. The number of para-hydroxylation sites is 2. The van der Waals surface area contributed by atoms with E-state index in [4.69, 9.17) is 4.74 Å². The monoisotopic (exact) mass is 247 g/mol. The van der Waals surface area contributed by atoms with Crippen molar-refractivity contribution in [2.75, 3.05) is 11.9 Å². The van der Waals surface area contributed by atoms with Crippen LogP contribution < -0.4 is 10.1 Å². The van der Waals surface area contributed by atoms with E-state index in [2.05, 4.69) is 44.3 Å². The van der Waals surface area contributed by atoms with Gasteiger partial charge in [0.05, 0.1) is 12.3 Å². The fraction of sp³-hybridized carbons (Fsp3) is 0.625. The van der Waals surface area contributed by atoms with Crippen LogP contribution in [0.25, 0.3) is 0 Å². The molecular formula is C16H25NO. The van der Waals surface area contributed by atoms with Crippen molar-refractivity contribution in [2.45, 2.75) is 52.5 Å². The molecule has 0 aliphatic heterocycles. The summed E-state index contributed by atoms with van der Waals surface area (Å²) in [5.74, 6) is 0.988. The Bertz CT molecular complexity index is 386. The second kappa shape index (κ2) is 5.64. The first-order valence-electron chi connectivity index (χ1n) is 7.12. The standard InChI is InChI=1S/C16H25NO/c1-4-12-18-14-9-6-5-8-13(14)17-15-10-7-11-16(15,2)3/h5-6,8-9,15,17H,4,7,10-12H2,1-3H3. The molecule has 1 aromatic carbocycles. The number of anilines is 1. The van der Waals surface area contributed by atoms with E-state index in [0.717, 1.165) is 24.5 Å². The minimum absolute atomic E-state index is 0.387. The molecule has 0 spiro atoms. The van der Waals surface area contributed by atoms with Crippen LogP contribution in [0.5, 0.6) is 5.75 Å². The number of hydrogen-bond donors (Lipinski definition) is 1. The Kier molecular flexibility index (Phi) is 4.15. The third-order valence-corrected chi connectivity index (χ3v) is 3.94. The highest BCUT2D eigenvalue weighted by molar-refractivity contribution is 5.57. The number of hydrogen-bond acceptors (Lipinski definition) is 2. The summed E-state index contributed by atoms with van der Waals surface area (Å²) in [7, 11) is 0. The van der Waals surface area contributed by atoms with Gasteiger partial charge in [-0.05, 0) is 36.8 Å². The summed E-state index contributed by atoms with van der Waals surface area (Å²) >= 11 is 0. The van der Waals surface area contributed by atoms with Crippen molar-refractivity contribution >= 4 is 5.69 Å². The van der Waals surface area contributed by atoms with Crippen LogP contribution in [0, 0.1) is 5.41 Å². The van der Waals surface area contributed by atoms with E-state index in [0.29, 0.717) is 11.5 Å². The number of rotatable bonds is 5. The molecule has 0 radical (unpaired) electrons. The molecule has 1 aliphatic rings. The van der Waals surface area contributed by atoms with Gasteiger partial charge in [0.25, 0.3) is 0 Å². The van der Waals surface area contributed by atoms with Gasteiger partial charge in [-0.3, -0.25) is 0 Å². The quantitative estimate of drug-likeness (QED) is 0.829. The lowest BCUT2D eigenvalue weighted by Gasteiger charge is -2.29. The Labute approximate surface area is 111 Å². The molecule has 1 N–H and O–H groups in total. The first kappa shape index (κ1) is 13.3. The van der Waals surface area contributed by atoms with Gasteiger partial charge >= 0.3 is 0 Å². The highest BCUT2D eigenvalue weighted by atomic mass is 16.5. The van der Waals surface area contributed by atoms with Gasteiger partial charge in [-0.25, -0.2) is 0 Å². The van der Waals surface area contributed by atoms with Crippen LogP contribution in [-0.4, -0.2) is 12.6 Å². The van der Waals surface area contributed by atoms with Crippen molar-refractivity contribution in [3.8, 4) is 5.75 Å². The molecule has 1 atom stereocenters. The third kappa shape index (κ3) is 2.98. The van der Waals surface area contributed by atoms with Crippen LogP contribution in [0.3, 0.4) is 0 Å². The smallest absolute Gasteiger partial charge is 0.142 e. The van der Waals surface area contributed by atoms with Crippen LogP contribution in [0.15, 0.2) is 24.3 Å². The molecule has 0 aromatic heterocycles. The van der Waals surface area contributed by atoms with E-state index in [1.165, 1.54) is 19.3 Å². The summed E-state index contributed by atoms with van der Waals surface area (Å²) < 4.78 is 5.80. The summed E-state index contributed by atoms with van der Waals surface area (Å²) in [5.41, 5.74) is 1.53. The fourth-order valence-corrected chi connectivity index (χ4v) is 2.71. The molecule has 2 heteroatoms. The van der Waals surface area contributed by atoms with Crippen LogP contribution in [0.2, 0.25) is 0 Å². The van der Waals surface area contributed by atoms with Crippen molar-refractivity contribution in [3.63, 3.8) is 0 Å². The zero-order valence-corrected chi connectivity index (χ0v) is 11.8. The van der Waals surface area contributed by atoms with Crippen molar-refractivity contribution in [2.24, 2.45) is 5.41 Å². The fourth-order valence-electron chi connectivity index (χ4n) is 2.71. The molecule has 2 rings (SSSR count). The maximum atomic E-state index is 5.80. The summed E-state index contributed by atoms with van der Waals surface area (Å²) in [4.78, 5) is 0. The van der Waals surface area contributed by atoms with Gasteiger partial charge in [-0.2, -0.15) is 0 Å². The maximum Gasteiger partial charge on any atom is 0.142 e. The maximum absolute atomic E-state index is 5.80. The molecule has 1 unspecified atom stereocenters. The van der Waals surface area contributed by atoms with E-state index in [9.17, 15) is 0 Å². The lowest BCUT2D eigenvalue weighted by atomic mass is 9.87. The van der Waals surface area contributed by atoms with Crippen LogP contribution in [-0.2, 0) is 0 Å². The summed E-state index contributed by atoms with van der Waals surface area (Å²) in [5, 5.41) is 3.68. The minimum atomic E-state index is 0.387. The Morgan fingerprint density at radius 3 is 2.78 bits per heavy atom. The first-order chi connectivity index (χ1) is 8.63. The van der Waals surface area contributed by atoms with Crippen molar-refractivity contribution < 1.29 is 4.74 Å². The van der Waals surface area contributed by atoms with Crippen molar-refractivity contribution in [1.82, 2.24) is 0 Å². The van der Waals surface area contributed by atoms with E-state index >= 15 is 0 Å². The van der Waals surface area contributed by atoms with Gasteiger partial charge in [-0.15, -0.1) is 0 Å². The van der Waals surface area contributed by atoms with E-state index in [1.54, 1.807) is 0 Å². The number of benzene rings is 1. The van der Waals surface area contributed by atoms with Gasteiger partial charge < -0.3 is 10.1 Å². The largest absolute Gasteiger partial charge is 0.491 e. The summed E-state index contributed by atoms with van der Waals surface area (Å²) in [6.07, 6.45) is 4.93.